The van der Waals surface area contributed by atoms with Crippen molar-refractivity contribution in [3.63, 3.8) is 0 Å². The van der Waals surface area contributed by atoms with Crippen LogP contribution in [-0.4, -0.2) is 38.5 Å². The van der Waals surface area contributed by atoms with Gasteiger partial charge < -0.3 is 19.3 Å². The van der Waals surface area contributed by atoms with Crippen LogP contribution in [0.4, 0.5) is 0 Å². The summed E-state index contributed by atoms with van der Waals surface area (Å²) >= 11 is 0. The molecular formula is C18H28O5. The van der Waals surface area contributed by atoms with Crippen molar-refractivity contribution in [1.82, 2.24) is 0 Å². The summed E-state index contributed by atoms with van der Waals surface area (Å²) in [7, 11) is 3.24. The fourth-order valence-electron chi connectivity index (χ4n) is 2.28. The van der Waals surface area contributed by atoms with Crippen molar-refractivity contribution >= 4 is 5.97 Å². The zero-order valence-corrected chi connectivity index (χ0v) is 14.7. The zero-order valence-electron chi connectivity index (χ0n) is 14.7. The maximum absolute atomic E-state index is 11.6. The first-order valence-electron chi connectivity index (χ1n) is 7.87. The largest absolute Gasteiger partial charge is 0.493 e. The second-order valence-corrected chi connectivity index (χ2v) is 6.23. The first kappa shape index (κ1) is 19.3. The number of carboxylic acid groups (broad SMARTS) is 1. The molecule has 0 aliphatic rings. The second kappa shape index (κ2) is 8.77. The molecule has 1 aromatic carbocycles. The van der Waals surface area contributed by atoms with Gasteiger partial charge in [0.15, 0.2) is 11.5 Å². The predicted molar refractivity (Wildman–Crippen MR) is 89.3 cm³/mol. The van der Waals surface area contributed by atoms with Crippen molar-refractivity contribution < 1.29 is 24.1 Å². The van der Waals surface area contributed by atoms with E-state index in [0.29, 0.717) is 31.1 Å². The van der Waals surface area contributed by atoms with E-state index in [0.717, 1.165) is 12.0 Å². The normalized spacial score (nSPS) is 13.7. The van der Waals surface area contributed by atoms with Crippen molar-refractivity contribution in [3.05, 3.63) is 23.8 Å². The fraction of sp³-hybridized carbons (Fsp3) is 0.611. The van der Waals surface area contributed by atoms with Gasteiger partial charge in [-0.1, -0.05) is 19.9 Å². The molecule has 1 rings (SSSR count). The third kappa shape index (κ3) is 5.13. The Balaban J connectivity index is 2.93. The van der Waals surface area contributed by atoms with E-state index in [-0.39, 0.29) is 5.92 Å². The highest BCUT2D eigenvalue weighted by Crippen LogP contribution is 2.35. The van der Waals surface area contributed by atoms with Crippen LogP contribution in [-0.2, 0) is 16.0 Å². The molecule has 0 radical (unpaired) electrons. The van der Waals surface area contributed by atoms with Gasteiger partial charge in [-0.25, -0.2) is 0 Å². The monoisotopic (exact) mass is 324 g/mol. The third-order valence-electron chi connectivity index (χ3n) is 4.31. The molecule has 0 bridgehead atoms. The van der Waals surface area contributed by atoms with Gasteiger partial charge in [0, 0.05) is 20.1 Å². The molecule has 0 heterocycles. The van der Waals surface area contributed by atoms with E-state index in [1.807, 2.05) is 32.0 Å². The van der Waals surface area contributed by atoms with E-state index in [1.165, 1.54) is 0 Å². The Morgan fingerprint density at radius 1 is 1.22 bits per heavy atom. The number of methoxy groups -OCH3 is 2. The molecule has 1 unspecified atom stereocenters. The van der Waals surface area contributed by atoms with Crippen molar-refractivity contribution in [2.24, 2.45) is 11.3 Å². The van der Waals surface area contributed by atoms with Crippen molar-refractivity contribution in [2.75, 3.05) is 27.4 Å². The average Bonchev–Trinajstić information content (AvgIpc) is 2.51. The summed E-state index contributed by atoms with van der Waals surface area (Å²) in [4.78, 5) is 11.6. The highest BCUT2D eigenvalue weighted by atomic mass is 16.5. The first-order chi connectivity index (χ1) is 10.8. The molecule has 1 N–H and O–H groups in total. The van der Waals surface area contributed by atoms with E-state index in [4.69, 9.17) is 14.2 Å². The lowest BCUT2D eigenvalue weighted by molar-refractivity contribution is -0.150. The summed E-state index contributed by atoms with van der Waals surface area (Å²) < 4.78 is 16.1. The van der Waals surface area contributed by atoms with Crippen LogP contribution in [0.1, 0.15) is 32.8 Å². The smallest absolute Gasteiger partial charge is 0.309 e. The van der Waals surface area contributed by atoms with Gasteiger partial charge in [-0.3, -0.25) is 4.79 Å². The van der Waals surface area contributed by atoms with Gasteiger partial charge >= 0.3 is 5.97 Å². The number of carboxylic acids is 1. The number of carbonyl (C=O) groups is 1. The Bertz CT molecular complexity index is 512. The van der Waals surface area contributed by atoms with Crippen LogP contribution in [0.3, 0.4) is 0 Å². The SMILES string of the molecule is COCCCOc1cc(CC(C)(C(=O)O)C(C)C)ccc1OC. The molecule has 0 spiro atoms. The fourth-order valence-corrected chi connectivity index (χ4v) is 2.28. The molecule has 1 atom stereocenters. The average molecular weight is 324 g/mol. The Hall–Kier alpha value is -1.75. The van der Waals surface area contributed by atoms with Crippen LogP contribution < -0.4 is 9.47 Å². The minimum absolute atomic E-state index is 0.0215. The molecule has 0 amide bonds. The Morgan fingerprint density at radius 2 is 1.91 bits per heavy atom. The second-order valence-electron chi connectivity index (χ2n) is 6.23. The molecule has 0 saturated carbocycles. The molecule has 0 fully saturated rings. The van der Waals surface area contributed by atoms with Crippen LogP contribution in [0.2, 0.25) is 0 Å². The van der Waals surface area contributed by atoms with Gasteiger partial charge in [-0.15, -0.1) is 0 Å². The molecule has 23 heavy (non-hydrogen) atoms. The minimum atomic E-state index is -0.818. The molecule has 1 aromatic rings. The van der Waals surface area contributed by atoms with Crippen molar-refractivity contribution in [3.8, 4) is 11.5 Å². The predicted octanol–water partition coefficient (Wildman–Crippen LogP) is 3.40. The molecule has 0 aliphatic heterocycles. The first-order valence-corrected chi connectivity index (χ1v) is 7.87. The number of hydrogen-bond acceptors (Lipinski definition) is 4. The number of hydrogen-bond donors (Lipinski definition) is 1. The molecule has 130 valence electrons. The Morgan fingerprint density at radius 3 is 2.43 bits per heavy atom. The topological polar surface area (TPSA) is 65.0 Å². The number of benzene rings is 1. The van der Waals surface area contributed by atoms with E-state index < -0.39 is 11.4 Å². The summed E-state index contributed by atoms with van der Waals surface area (Å²) in [6.45, 7) is 6.80. The quantitative estimate of drug-likeness (QED) is 0.668. The summed E-state index contributed by atoms with van der Waals surface area (Å²) in [5.41, 5.74) is 0.105. The Kier molecular flexibility index (Phi) is 7.36. The van der Waals surface area contributed by atoms with Crippen molar-refractivity contribution in [1.29, 1.82) is 0 Å². The van der Waals surface area contributed by atoms with Crippen LogP contribution in [0.15, 0.2) is 18.2 Å². The van der Waals surface area contributed by atoms with Gasteiger partial charge in [0.2, 0.25) is 0 Å². The minimum Gasteiger partial charge on any atom is -0.493 e. The molecular weight excluding hydrogens is 296 g/mol. The van der Waals surface area contributed by atoms with E-state index in [1.54, 1.807) is 21.1 Å². The Labute approximate surface area is 138 Å². The number of aliphatic carboxylic acids is 1. The number of rotatable bonds is 10. The summed E-state index contributed by atoms with van der Waals surface area (Å²) in [6, 6.07) is 5.59. The molecule has 5 nitrogen and oxygen atoms in total. The molecule has 5 heteroatoms. The van der Waals surface area contributed by atoms with E-state index >= 15 is 0 Å². The maximum atomic E-state index is 11.6. The highest BCUT2D eigenvalue weighted by molar-refractivity contribution is 5.75. The van der Waals surface area contributed by atoms with Crippen LogP contribution in [0.5, 0.6) is 11.5 Å². The summed E-state index contributed by atoms with van der Waals surface area (Å²) in [5, 5.41) is 9.56. The lowest BCUT2D eigenvalue weighted by Crippen LogP contribution is -2.35. The number of ether oxygens (including phenoxy) is 3. The third-order valence-corrected chi connectivity index (χ3v) is 4.31. The molecule has 0 aliphatic carbocycles. The summed E-state index contributed by atoms with van der Waals surface area (Å²) in [6.07, 6.45) is 1.22. The lowest BCUT2D eigenvalue weighted by atomic mass is 9.74. The maximum Gasteiger partial charge on any atom is 0.309 e. The van der Waals surface area contributed by atoms with Gasteiger partial charge in [-0.2, -0.15) is 0 Å². The molecule has 0 saturated heterocycles. The van der Waals surface area contributed by atoms with Gasteiger partial charge in [0.05, 0.1) is 19.1 Å². The molecule has 0 aromatic heterocycles. The van der Waals surface area contributed by atoms with Crippen LogP contribution >= 0.6 is 0 Å². The van der Waals surface area contributed by atoms with Crippen molar-refractivity contribution in [2.45, 2.75) is 33.6 Å². The van der Waals surface area contributed by atoms with Crippen LogP contribution in [0, 0.1) is 11.3 Å². The van der Waals surface area contributed by atoms with E-state index in [9.17, 15) is 9.90 Å². The van der Waals surface area contributed by atoms with Crippen LogP contribution in [0.25, 0.3) is 0 Å². The van der Waals surface area contributed by atoms with Gasteiger partial charge in [-0.05, 0) is 37.0 Å². The van der Waals surface area contributed by atoms with Gasteiger partial charge in [0.1, 0.15) is 0 Å². The standard InChI is InChI=1S/C18H28O5/c1-13(2)18(3,17(19)20)12-14-7-8-15(22-5)16(11-14)23-10-6-9-21-4/h7-8,11,13H,6,9-10,12H2,1-5H3,(H,19,20). The zero-order chi connectivity index (χ0) is 17.5. The summed E-state index contributed by atoms with van der Waals surface area (Å²) in [5.74, 6) is 0.518. The van der Waals surface area contributed by atoms with E-state index in [2.05, 4.69) is 0 Å². The lowest BCUT2D eigenvalue weighted by Gasteiger charge is -2.29. The van der Waals surface area contributed by atoms with Gasteiger partial charge in [0.25, 0.3) is 0 Å². The highest BCUT2D eigenvalue weighted by Gasteiger charge is 2.36.